The van der Waals surface area contributed by atoms with Gasteiger partial charge in [0, 0.05) is 38.3 Å². The Kier molecular flexibility index (Phi) is 7.82. The van der Waals surface area contributed by atoms with Gasteiger partial charge in [-0.3, -0.25) is 15.0 Å². The van der Waals surface area contributed by atoms with Crippen molar-refractivity contribution in [1.29, 1.82) is 0 Å². The van der Waals surface area contributed by atoms with E-state index >= 15 is 0 Å². The fourth-order valence-corrected chi connectivity index (χ4v) is 4.01. The Labute approximate surface area is 156 Å². The second-order valence-corrected chi connectivity index (χ2v) is 7.78. The average Bonchev–Trinajstić information content (AvgIpc) is 2.62. The Morgan fingerprint density at radius 2 is 1.56 bits per heavy atom. The molecular weight excluding hydrogens is 382 g/mol. The predicted octanol–water partition coefficient (Wildman–Crippen LogP) is 0.465. The van der Waals surface area contributed by atoms with E-state index in [0.29, 0.717) is 32.2 Å². The van der Waals surface area contributed by atoms with Crippen molar-refractivity contribution < 1.29 is 33.1 Å². The van der Waals surface area contributed by atoms with Gasteiger partial charge >= 0.3 is 11.9 Å². The predicted molar refractivity (Wildman–Crippen MR) is 93.8 cm³/mol. The van der Waals surface area contributed by atoms with Crippen molar-refractivity contribution in [2.75, 3.05) is 26.2 Å². The molecule has 0 radical (unpaired) electrons. The molecule has 0 spiro atoms. The third-order valence-corrected chi connectivity index (χ3v) is 5.81. The van der Waals surface area contributed by atoms with Crippen molar-refractivity contribution in [3.63, 3.8) is 0 Å². The summed E-state index contributed by atoms with van der Waals surface area (Å²) in [5.41, 5.74) is -0.371. The van der Waals surface area contributed by atoms with Crippen molar-refractivity contribution in [3.8, 4) is 0 Å². The van der Waals surface area contributed by atoms with Gasteiger partial charge in [0.15, 0.2) is 4.90 Å². The minimum Gasteiger partial charge on any atom is -0.473 e. The normalized spacial score (nSPS) is 15.7. The van der Waals surface area contributed by atoms with E-state index in [9.17, 15) is 18.5 Å². The largest absolute Gasteiger partial charge is 0.473 e. The van der Waals surface area contributed by atoms with Gasteiger partial charge in [-0.1, -0.05) is 12.1 Å². The highest BCUT2D eigenvalue weighted by atomic mass is 32.2. The molecule has 1 aliphatic rings. The maximum atomic E-state index is 12.6. The van der Waals surface area contributed by atoms with E-state index in [1.807, 2.05) is 0 Å². The molecule has 0 saturated carbocycles. The lowest BCUT2D eigenvalue weighted by Crippen LogP contribution is -2.50. The molecule has 1 aromatic carbocycles. The minimum absolute atomic E-state index is 0.229. The first kappa shape index (κ1) is 22.5. The Balaban J connectivity index is 0.000000527. The van der Waals surface area contributed by atoms with E-state index in [0.717, 1.165) is 0 Å². The number of rotatable bonds is 4. The molecule has 0 aliphatic carbocycles. The molecule has 0 unspecified atom stereocenters. The number of piperazine rings is 1. The quantitative estimate of drug-likeness (QED) is 0.414. The molecule has 1 heterocycles. The van der Waals surface area contributed by atoms with Crippen LogP contribution in [0.4, 0.5) is 5.69 Å². The van der Waals surface area contributed by atoms with Crippen LogP contribution >= 0.6 is 0 Å². The number of carbonyl (C=O) groups is 2. The van der Waals surface area contributed by atoms with E-state index in [1.165, 1.54) is 28.6 Å². The summed E-state index contributed by atoms with van der Waals surface area (Å²) in [6, 6.07) is 5.85. The topological polar surface area (TPSA) is 158 Å². The summed E-state index contributed by atoms with van der Waals surface area (Å²) in [5.74, 6) is -3.65. The summed E-state index contributed by atoms with van der Waals surface area (Å²) in [4.78, 5) is 30.5. The molecule has 1 fully saturated rings. The van der Waals surface area contributed by atoms with Crippen molar-refractivity contribution in [2.24, 2.45) is 0 Å². The molecular formula is C15H21N3O8S. The van der Waals surface area contributed by atoms with Crippen LogP contribution in [0.5, 0.6) is 0 Å². The number of benzene rings is 1. The van der Waals surface area contributed by atoms with E-state index in [4.69, 9.17) is 19.8 Å². The van der Waals surface area contributed by atoms with Crippen molar-refractivity contribution >= 4 is 27.6 Å². The van der Waals surface area contributed by atoms with Gasteiger partial charge in [-0.05, 0) is 19.9 Å². The molecule has 2 N–H and O–H groups in total. The molecule has 0 bridgehead atoms. The highest BCUT2D eigenvalue weighted by Gasteiger charge is 2.33. The van der Waals surface area contributed by atoms with E-state index in [2.05, 4.69) is 18.7 Å². The van der Waals surface area contributed by atoms with Crippen LogP contribution in [-0.2, 0) is 19.6 Å². The highest BCUT2D eigenvalue weighted by molar-refractivity contribution is 7.89. The second kappa shape index (κ2) is 9.39. The van der Waals surface area contributed by atoms with Gasteiger partial charge < -0.3 is 10.2 Å². The van der Waals surface area contributed by atoms with E-state index in [1.54, 1.807) is 0 Å². The second-order valence-electron chi connectivity index (χ2n) is 5.87. The first-order chi connectivity index (χ1) is 12.5. The standard InChI is InChI=1S/C13H19N3O4S.C2H2O4/c1-11(2)14-7-9-15(10-8-14)21(19,20)13-6-4-3-5-12(13)16(17)18;3-1(4)2(5)6/h3-6,11H,7-10H2,1-2H3;(H,3,4)(H,5,6). The molecule has 11 nitrogen and oxygen atoms in total. The smallest absolute Gasteiger partial charge is 0.414 e. The number of nitrogens with zero attached hydrogens (tertiary/aromatic N) is 3. The molecule has 1 saturated heterocycles. The summed E-state index contributed by atoms with van der Waals surface area (Å²) in [7, 11) is -3.82. The molecule has 0 atom stereocenters. The molecule has 1 aliphatic heterocycles. The zero-order valence-corrected chi connectivity index (χ0v) is 15.6. The average molecular weight is 403 g/mol. The number of carboxylic acids is 2. The molecule has 150 valence electrons. The van der Waals surface area contributed by atoms with Crippen LogP contribution in [0.15, 0.2) is 29.2 Å². The number of sulfonamides is 1. The summed E-state index contributed by atoms with van der Waals surface area (Å²) in [6.45, 7) is 6.10. The third-order valence-electron chi connectivity index (χ3n) is 3.87. The lowest BCUT2D eigenvalue weighted by molar-refractivity contribution is -0.387. The lowest BCUT2D eigenvalue weighted by atomic mass is 10.3. The summed E-state index contributed by atoms with van der Waals surface area (Å²) >= 11 is 0. The Morgan fingerprint density at radius 3 is 1.96 bits per heavy atom. The fourth-order valence-electron chi connectivity index (χ4n) is 2.43. The van der Waals surface area contributed by atoms with Crippen LogP contribution in [0.1, 0.15) is 13.8 Å². The van der Waals surface area contributed by atoms with Crippen molar-refractivity contribution in [3.05, 3.63) is 34.4 Å². The number of nitro groups is 1. The van der Waals surface area contributed by atoms with Gasteiger partial charge in [0.05, 0.1) is 4.92 Å². The Hall–Kier alpha value is -2.57. The molecule has 27 heavy (non-hydrogen) atoms. The molecule has 0 aromatic heterocycles. The zero-order valence-electron chi connectivity index (χ0n) is 14.8. The van der Waals surface area contributed by atoms with Gasteiger partial charge in [-0.15, -0.1) is 0 Å². The van der Waals surface area contributed by atoms with Gasteiger partial charge in [0.25, 0.3) is 5.69 Å². The van der Waals surface area contributed by atoms with Crippen LogP contribution in [-0.4, -0.2) is 76.9 Å². The SMILES string of the molecule is CC(C)N1CCN(S(=O)(=O)c2ccccc2[N+](=O)[O-])CC1.O=C(O)C(=O)O. The molecule has 1 aromatic rings. The van der Waals surface area contributed by atoms with Crippen molar-refractivity contribution in [2.45, 2.75) is 24.8 Å². The van der Waals surface area contributed by atoms with Crippen LogP contribution in [0.2, 0.25) is 0 Å². The van der Waals surface area contributed by atoms with Gasteiger partial charge in [-0.25, -0.2) is 18.0 Å². The molecule has 2 rings (SSSR count). The van der Waals surface area contributed by atoms with Crippen molar-refractivity contribution in [1.82, 2.24) is 9.21 Å². The van der Waals surface area contributed by atoms with Crippen LogP contribution < -0.4 is 0 Å². The monoisotopic (exact) mass is 403 g/mol. The Morgan fingerprint density at radius 1 is 1.07 bits per heavy atom. The number of para-hydroxylation sites is 1. The summed E-state index contributed by atoms with van der Waals surface area (Å²) in [6.07, 6.45) is 0. The third kappa shape index (κ3) is 5.98. The number of hydrogen-bond acceptors (Lipinski definition) is 7. The fraction of sp³-hybridized carbons (Fsp3) is 0.467. The van der Waals surface area contributed by atoms with Crippen LogP contribution in [0.25, 0.3) is 0 Å². The Bertz CT molecular complexity index is 789. The summed E-state index contributed by atoms with van der Waals surface area (Å²) < 4.78 is 26.5. The zero-order chi connectivity index (χ0) is 20.8. The highest BCUT2D eigenvalue weighted by Crippen LogP contribution is 2.27. The number of aliphatic carboxylic acids is 2. The molecule has 0 amide bonds. The van der Waals surface area contributed by atoms with Crippen LogP contribution in [0, 0.1) is 10.1 Å². The number of nitro benzene ring substituents is 1. The summed E-state index contributed by atoms with van der Waals surface area (Å²) in [5, 5.41) is 25.8. The van der Waals surface area contributed by atoms with Crippen LogP contribution in [0.3, 0.4) is 0 Å². The number of hydrogen-bond donors (Lipinski definition) is 2. The van der Waals surface area contributed by atoms with Gasteiger partial charge in [-0.2, -0.15) is 4.31 Å². The van der Waals surface area contributed by atoms with Gasteiger partial charge in [0.1, 0.15) is 0 Å². The maximum absolute atomic E-state index is 12.6. The molecule has 12 heteroatoms. The van der Waals surface area contributed by atoms with Gasteiger partial charge in [0.2, 0.25) is 10.0 Å². The number of carboxylic acid groups (broad SMARTS) is 2. The van der Waals surface area contributed by atoms with E-state index < -0.39 is 26.9 Å². The van der Waals surface area contributed by atoms with E-state index in [-0.39, 0.29) is 10.6 Å². The lowest BCUT2D eigenvalue weighted by Gasteiger charge is -2.36. The maximum Gasteiger partial charge on any atom is 0.414 e. The minimum atomic E-state index is -3.82. The first-order valence-corrected chi connectivity index (χ1v) is 9.36. The first-order valence-electron chi connectivity index (χ1n) is 7.92.